The van der Waals surface area contributed by atoms with Gasteiger partial charge in [-0.1, -0.05) is 12.1 Å². The summed E-state index contributed by atoms with van der Waals surface area (Å²) in [7, 11) is 5.23. The van der Waals surface area contributed by atoms with Crippen LogP contribution in [-0.4, -0.2) is 52.9 Å². The largest absolute Gasteiger partial charge is 0.491 e. The Labute approximate surface area is 149 Å². The maximum absolute atomic E-state index is 12.9. The molecule has 10 heteroatoms. The molecule has 0 aliphatic carbocycles. The first-order valence-corrected chi connectivity index (χ1v) is 7.86. The van der Waals surface area contributed by atoms with Gasteiger partial charge in [-0.2, -0.15) is 18.3 Å². The fourth-order valence-electron chi connectivity index (χ4n) is 2.29. The molecule has 1 N–H and O–H groups in total. The van der Waals surface area contributed by atoms with Gasteiger partial charge >= 0.3 is 6.18 Å². The van der Waals surface area contributed by atoms with Crippen molar-refractivity contribution in [1.82, 2.24) is 25.0 Å². The lowest BCUT2D eigenvalue weighted by Crippen LogP contribution is -2.40. The van der Waals surface area contributed by atoms with E-state index in [9.17, 15) is 13.2 Å². The van der Waals surface area contributed by atoms with Crippen molar-refractivity contribution in [2.45, 2.75) is 12.7 Å². The second-order valence-electron chi connectivity index (χ2n) is 5.47. The summed E-state index contributed by atoms with van der Waals surface area (Å²) >= 11 is 0. The minimum atomic E-state index is -4.45. The molecule has 1 aromatic carbocycles. The molecule has 142 valence electrons. The van der Waals surface area contributed by atoms with Crippen LogP contribution in [0.2, 0.25) is 0 Å². The van der Waals surface area contributed by atoms with Crippen LogP contribution in [0.25, 0.3) is 0 Å². The van der Waals surface area contributed by atoms with Gasteiger partial charge in [0.1, 0.15) is 24.5 Å². The summed E-state index contributed by atoms with van der Waals surface area (Å²) in [6, 6.07) is 5.14. The van der Waals surface area contributed by atoms with Crippen LogP contribution >= 0.6 is 0 Å². The number of nitrogens with one attached hydrogen (secondary N) is 1. The lowest BCUT2D eigenvalue weighted by Gasteiger charge is -2.21. The summed E-state index contributed by atoms with van der Waals surface area (Å²) in [5, 5.41) is 7.04. The van der Waals surface area contributed by atoms with Gasteiger partial charge in [0.25, 0.3) is 0 Å². The predicted molar refractivity (Wildman–Crippen MR) is 90.8 cm³/mol. The second-order valence-corrected chi connectivity index (χ2v) is 5.47. The third-order valence-electron chi connectivity index (χ3n) is 3.59. The Morgan fingerprint density at radius 1 is 1.35 bits per heavy atom. The molecule has 0 unspecified atom stereocenters. The van der Waals surface area contributed by atoms with Crippen LogP contribution in [-0.2, 0) is 19.8 Å². The number of halogens is 3. The lowest BCUT2D eigenvalue weighted by atomic mass is 10.2. The fourth-order valence-corrected chi connectivity index (χ4v) is 2.29. The number of hydrogen-bond acceptors (Lipinski definition) is 4. The summed E-state index contributed by atoms with van der Waals surface area (Å²) < 4.78 is 45.7. The summed E-state index contributed by atoms with van der Waals surface area (Å²) in [4.78, 5) is 10.1. The predicted octanol–water partition coefficient (Wildman–Crippen LogP) is 1.92. The highest BCUT2D eigenvalue weighted by molar-refractivity contribution is 5.79. The molecule has 0 aliphatic heterocycles. The number of benzene rings is 1. The van der Waals surface area contributed by atoms with Crippen molar-refractivity contribution in [3.63, 3.8) is 0 Å². The molecule has 1 aromatic heterocycles. The third-order valence-corrected chi connectivity index (χ3v) is 3.59. The minimum Gasteiger partial charge on any atom is -0.491 e. The number of aryl methyl sites for hydroxylation is 1. The minimum absolute atomic E-state index is 0.0594. The number of para-hydroxylation sites is 1. The van der Waals surface area contributed by atoms with E-state index in [-0.39, 0.29) is 12.4 Å². The first-order valence-electron chi connectivity index (χ1n) is 7.86. The molecule has 0 aliphatic rings. The summed E-state index contributed by atoms with van der Waals surface area (Å²) in [5.41, 5.74) is -0.788. The standard InChI is InChI=1S/C16H21F3N6O/c1-20-15(24(2)10-14-22-11-23-25(14)3)21-8-9-26-13-7-5-4-6-12(13)16(17,18)19/h4-7,11H,8-10H2,1-3H3,(H,20,21). The van der Waals surface area contributed by atoms with Crippen molar-refractivity contribution < 1.29 is 17.9 Å². The van der Waals surface area contributed by atoms with Crippen LogP contribution in [0, 0.1) is 0 Å². The topological polar surface area (TPSA) is 67.6 Å². The Bertz CT molecular complexity index is 744. The molecule has 0 saturated heterocycles. The zero-order valence-electron chi connectivity index (χ0n) is 14.8. The van der Waals surface area contributed by atoms with Crippen molar-refractivity contribution in [1.29, 1.82) is 0 Å². The van der Waals surface area contributed by atoms with Gasteiger partial charge < -0.3 is 15.0 Å². The van der Waals surface area contributed by atoms with Crippen molar-refractivity contribution in [2.24, 2.45) is 12.0 Å². The van der Waals surface area contributed by atoms with Crippen molar-refractivity contribution in [2.75, 3.05) is 27.2 Å². The van der Waals surface area contributed by atoms with E-state index in [0.29, 0.717) is 19.0 Å². The van der Waals surface area contributed by atoms with Gasteiger partial charge in [-0.05, 0) is 12.1 Å². The number of aliphatic imine (C=N–C) groups is 1. The second kappa shape index (κ2) is 8.54. The Hall–Kier alpha value is -2.78. The highest BCUT2D eigenvalue weighted by Gasteiger charge is 2.33. The summed E-state index contributed by atoms with van der Waals surface area (Å²) in [5.74, 6) is 1.13. The van der Waals surface area contributed by atoms with E-state index in [1.165, 1.54) is 24.5 Å². The average molecular weight is 370 g/mol. The van der Waals surface area contributed by atoms with E-state index >= 15 is 0 Å². The normalized spacial score (nSPS) is 12.2. The zero-order chi connectivity index (χ0) is 19.2. The van der Waals surface area contributed by atoms with Gasteiger partial charge in [0.15, 0.2) is 5.96 Å². The van der Waals surface area contributed by atoms with Gasteiger partial charge in [0.05, 0.1) is 18.7 Å². The number of nitrogens with zero attached hydrogens (tertiary/aromatic N) is 5. The lowest BCUT2D eigenvalue weighted by molar-refractivity contribution is -0.138. The molecule has 7 nitrogen and oxygen atoms in total. The van der Waals surface area contributed by atoms with E-state index in [4.69, 9.17) is 4.74 Å². The number of alkyl halides is 3. The number of hydrogen-bond donors (Lipinski definition) is 1. The Balaban J connectivity index is 1.86. The quantitative estimate of drug-likeness (QED) is 0.478. The molecule has 0 saturated carbocycles. The van der Waals surface area contributed by atoms with E-state index < -0.39 is 11.7 Å². The van der Waals surface area contributed by atoms with Gasteiger partial charge in [-0.15, -0.1) is 0 Å². The molecule has 1 heterocycles. The van der Waals surface area contributed by atoms with Crippen LogP contribution < -0.4 is 10.1 Å². The smallest absolute Gasteiger partial charge is 0.419 e. The van der Waals surface area contributed by atoms with E-state index in [1.807, 2.05) is 11.9 Å². The maximum atomic E-state index is 12.9. The van der Waals surface area contributed by atoms with Crippen LogP contribution in [0.3, 0.4) is 0 Å². The van der Waals surface area contributed by atoms with E-state index in [1.54, 1.807) is 18.8 Å². The molecular weight excluding hydrogens is 349 g/mol. The molecule has 2 rings (SSSR count). The van der Waals surface area contributed by atoms with Gasteiger partial charge in [-0.25, -0.2) is 4.98 Å². The van der Waals surface area contributed by atoms with Gasteiger partial charge in [0, 0.05) is 21.1 Å². The maximum Gasteiger partial charge on any atom is 0.419 e. The highest BCUT2D eigenvalue weighted by Crippen LogP contribution is 2.35. The Morgan fingerprint density at radius 2 is 2.08 bits per heavy atom. The number of ether oxygens (including phenoxy) is 1. The van der Waals surface area contributed by atoms with Crippen molar-refractivity contribution >= 4 is 5.96 Å². The molecule has 0 atom stereocenters. The fraction of sp³-hybridized carbons (Fsp3) is 0.438. The van der Waals surface area contributed by atoms with Crippen molar-refractivity contribution in [3.8, 4) is 5.75 Å². The third kappa shape index (κ3) is 5.11. The molecule has 0 fully saturated rings. The Kier molecular flexibility index (Phi) is 6.42. The van der Waals surface area contributed by atoms with E-state index in [2.05, 4.69) is 20.4 Å². The van der Waals surface area contributed by atoms with Crippen molar-refractivity contribution in [3.05, 3.63) is 42.0 Å². The van der Waals surface area contributed by atoms with Gasteiger partial charge in [0.2, 0.25) is 0 Å². The Morgan fingerprint density at radius 3 is 2.69 bits per heavy atom. The molecule has 0 spiro atoms. The number of guanidine groups is 1. The highest BCUT2D eigenvalue weighted by atomic mass is 19.4. The van der Waals surface area contributed by atoms with Crippen LogP contribution in [0.4, 0.5) is 13.2 Å². The summed E-state index contributed by atoms with van der Waals surface area (Å²) in [6.07, 6.45) is -2.98. The van der Waals surface area contributed by atoms with Crippen LogP contribution in [0.5, 0.6) is 5.75 Å². The van der Waals surface area contributed by atoms with Crippen LogP contribution in [0.1, 0.15) is 11.4 Å². The average Bonchev–Trinajstić information content (AvgIpc) is 2.99. The summed E-state index contributed by atoms with van der Waals surface area (Å²) in [6.45, 7) is 0.833. The molecule has 0 bridgehead atoms. The molecule has 26 heavy (non-hydrogen) atoms. The van der Waals surface area contributed by atoms with Gasteiger partial charge in [-0.3, -0.25) is 9.67 Å². The molecule has 0 amide bonds. The number of rotatable bonds is 6. The monoisotopic (exact) mass is 370 g/mol. The van der Waals surface area contributed by atoms with E-state index in [0.717, 1.165) is 11.9 Å². The van der Waals surface area contributed by atoms with Crippen LogP contribution in [0.15, 0.2) is 35.6 Å². The zero-order valence-corrected chi connectivity index (χ0v) is 14.8. The molecular formula is C16H21F3N6O. The first kappa shape index (κ1) is 19.5. The molecule has 0 radical (unpaired) electrons. The SMILES string of the molecule is CN=C(NCCOc1ccccc1C(F)(F)F)N(C)Cc1ncnn1C. The number of aromatic nitrogens is 3. The first-order chi connectivity index (χ1) is 12.3. The molecule has 2 aromatic rings.